The van der Waals surface area contributed by atoms with Gasteiger partial charge in [0, 0.05) is 5.69 Å². The zero-order valence-corrected chi connectivity index (χ0v) is 15.9. The van der Waals surface area contributed by atoms with E-state index in [-0.39, 0.29) is 11.7 Å². The molecule has 0 radical (unpaired) electrons. The fraction of sp³-hybridized carbons (Fsp3) is 0.278. The van der Waals surface area contributed by atoms with Crippen LogP contribution in [-0.4, -0.2) is 30.4 Å². The number of Topliss-reactive ketones (excluding diaryl/α,β-unsaturated/α-hetero) is 1. The molecule has 1 atom stereocenters. The lowest BCUT2D eigenvalue weighted by Gasteiger charge is -2.20. The highest BCUT2D eigenvalue weighted by atomic mass is 35.5. The molecule has 0 saturated carbocycles. The highest BCUT2D eigenvalue weighted by molar-refractivity contribution is 7.18. The first-order valence-electron chi connectivity index (χ1n) is 7.94. The second-order valence-corrected chi connectivity index (χ2v) is 7.54. The number of ether oxygens (including phenoxy) is 1. The van der Waals surface area contributed by atoms with Gasteiger partial charge in [0.05, 0.1) is 9.21 Å². The van der Waals surface area contributed by atoms with E-state index in [1.54, 1.807) is 50.2 Å². The Bertz CT molecular complexity index is 777. The summed E-state index contributed by atoms with van der Waals surface area (Å²) in [5, 5.41) is 5.22. The summed E-state index contributed by atoms with van der Waals surface area (Å²) in [6, 6.07) is 10.6. The van der Waals surface area contributed by atoms with Gasteiger partial charge >= 0.3 is 12.0 Å². The third-order valence-corrected chi connectivity index (χ3v) is 4.70. The van der Waals surface area contributed by atoms with Crippen molar-refractivity contribution in [2.75, 3.05) is 11.9 Å². The molecule has 2 N–H and O–H groups in total. The van der Waals surface area contributed by atoms with Gasteiger partial charge in [-0.05, 0) is 30.2 Å². The Hall–Kier alpha value is -2.38. The monoisotopic (exact) mass is 394 g/mol. The van der Waals surface area contributed by atoms with E-state index in [1.807, 2.05) is 6.07 Å². The summed E-state index contributed by atoms with van der Waals surface area (Å²) in [7, 11) is 0. The number of amides is 2. The van der Waals surface area contributed by atoms with E-state index < -0.39 is 24.6 Å². The number of hydrogen-bond acceptors (Lipinski definition) is 5. The second-order valence-electron chi connectivity index (χ2n) is 5.82. The summed E-state index contributed by atoms with van der Waals surface area (Å²) >= 11 is 6.91. The van der Waals surface area contributed by atoms with E-state index >= 15 is 0 Å². The summed E-state index contributed by atoms with van der Waals surface area (Å²) in [4.78, 5) is 36.8. The van der Waals surface area contributed by atoms with Crippen LogP contribution >= 0.6 is 22.9 Å². The van der Waals surface area contributed by atoms with Crippen molar-refractivity contribution in [2.24, 2.45) is 5.92 Å². The van der Waals surface area contributed by atoms with Gasteiger partial charge in [0.15, 0.2) is 6.61 Å². The molecule has 1 aromatic heterocycles. The number of thiophene rings is 1. The van der Waals surface area contributed by atoms with E-state index in [1.165, 1.54) is 0 Å². The van der Waals surface area contributed by atoms with Crippen LogP contribution < -0.4 is 10.6 Å². The molecule has 138 valence electrons. The van der Waals surface area contributed by atoms with Gasteiger partial charge in [0.1, 0.15) is 6.04 Å². The Kier molecular flexibility index (Phi) is 7.17. The molecular weight excluding hydrogens is 376 g/mol. The largest absolute Gasteiger partial charge is 0.456 e. The molecule has 0 aliphatic carbocycles. The molecule has 0 bridgehead atoms. The molecule has 0 spiro atoms. The number of rotatable bonds is 7. The van der Waals surface area contributed by atoms with Crippen molar-refractivity contribution in [1.29, 1.82) is 0 Å². The van der Waals surface area contributed by atoms with Crippen molar-refractivity contribution in [1.82, 2.24) is 5.32 Å². The van der Waals surface area contributed by atoms with E-state index in [9.17, 15) is 14.4 Å². The number of carbonyl (C=O) groups is 3. The van der Waals surface area contributed by atoms with Crippen LogP contribution in [0.4, 0.5) is 10.5 Å². The van der Waals surface area contributed by atoms with E-state index in [0.717, 1.165) is 11.3 Å². The van der Waals surface area contributed by atoms with Gasteiger partial charge < -0.3 is 15.4 Å². The SMILES string of the molecule is CC(C)[C@@H](NC(=O)Nc1ccccc1)C(=O)OCC(=O)c1ccc(Cl)s1. The van der Waals surface area contributed by atoms with Crippen LogP contribution in [0.3, 0.4) is 0 Å². The maximum atomic E-state index is 12.3. The normalized spacial score (nSPS) is 11.7. The maximum absolute atomic E-state index is 12.3. The molecule has 6 nitrogen and oxygen atoms in total. The van der Waals surface area contributed by atoms with E-state index in [4.69, 9.17) is 16.3 Å². The number of urea groups is 1. The molecule has 2 aromatic rings. The van der Waals surface area contributed by atoms with Crippen LogP contribution in [0, 0.1) is 5.92 Å². The van der Waals surface area contributed by atoms with Gasteiger partial charge in [-0.15, -0.1) is 11.3 Å². The van der Waals surface area contributed by atoms with Gasteiger partial charge in [-0.1, -0.05) is 43.6 Å². The molecule has 0 saturated heterocycles. The van der Waals surface area contributed by atoms with Crippen LogP contribution in [0.1, 0.15) is 23.5 Å². The third-order valence-electron chi connectivity index (χ3n) is 3.43. The summed E-state index contributed by atoms with van der Waals surface area (Å²) in [6.45, 7) is 3.14. The lowest BCUT2D eigenvalue weighted by Crippen LogP contribution is -2.47. The molecule has 1 aromatic carbocycles. The lowest BCUT2D eigenvalue weighted by atomic mass is 10.1. The molecule has 0 unspecified atom stereocenters. The standard InChI is InChI=1S/C18H19ClN2O4S/c1-11(2)16(21-18(24)20-12-6-4-3-5-7-12)17(23)25-10-13(22)14-8-9-15(19)26-14/h3-9,11,16H,10H2,1-2H3,(H2,20,21,24)/t16-/m1/s1. The number of nitrogens with one attached hydrogen (secondary N) is 2. The van der Waals surface area contributed by atoms with Crippen LogP contribution in [0.15, 0.2) is 42.5 Å². The van der Waals surface area contributed by atoms with Crippen LogP contribution in [0.5, 0.6) is 0 Å². The van der Waals surface area contributed by atoms with Gasteiger partial charge in [0.25, 0.3) is 0 Å². The minimum absolute atomic E-state index is 0.213. The Balaban J connectivity index is 1.90. The predicted molar refractivity (Wildman–Crippen MR) is 102 cm³/mol. The molecule has 8 heteroatoms. The molecular formula is C18H19ClN2O4S. The second kappa shape index (κ2) is 9.35. The average molecular weight is 395 g/mol. The quantitative estimate of drug-likeness (QED) is 0.549. The number of esters is 1. The molecule has 0 fully saturated rings. The minimum Gasteiger partial charge on any atom is -0.456 e. The number of anilines is 1. The Labute approximate surface area is 160 Å². The minimum atomic E-state index is -0.876. The molecule has 2 amide bonds. The summed E-state index contributed by atoms with van der Waals surface area (Å²) in [5.41, 5.74) is 0.602. The zero-order chi connectivity index (χ0) is 19.1. The van der Waals surface area contributed by atoms with Crippen LogP contribution in [0.2, 0.25) is 4.34 Å². The summed E-state index contributed by atoms with van der Waals surface area (Å²) < 4.78 is 5.56. The first-order valence-corrected chi connectivity index (χ1v) is 9.14. The lowest BCUT2D eigenvalue weighted by molar-refractivity contribution is -0.145. The van der Waals surface area contributed by atoms with E-state index in [2.05, 4.69) is 10.6 Å². The predicted octanol–water partition coefficient (Wildman–Crippen LogP) is 3.97. The van der Waals surface area contributed by atoms with Crippen molar-refractivity contribution < 1.29 is 19.1 Å². The number of hydrogen-bond donors (Lipinski definition) is 2. The number of ketones is 1. The Morgan fingerprint density at radius 2 is 1.81 bits per heavy atom. The van der Waals surface area contributed by atoms with Crippen molar-refractivity contribution in [2.45, 2.75) is 19.9 Å². The first kappa shape index (κ1) is 19.9. The van der Waals surface area contributed by atoms with Crippen molar-refractivity contribution in [3.8, 4) is 0 Å². The molecule has 26 heavy (non-hydrogen) atoms. The third kappa shape index (κ3) is 5.86. The highest BCUT2D eigenvalue weighted by Gasteiger charge is 2.26. The number of para-hydroxylation sites is 1. The van der Waals surface area contributed by atoms with Gasteiger partial charge in [0.2, 0.25) is 5.78 Å². The topological polar surface area (TPSA) is 84.5 Å². The average Bonchev–Trinajstić information content (AvgIpc) is 3.04. The van der Waals surface area contributed by atoms with Gasteiger partial charge in [-0.2, -0.15) is 0 Å². The number of carbonyl (C=O) groups excluding carboxylic acids is 3. The van der Waals surface area contributed by atoms with E-state index in [0.29, 0.717) is 14.9 Å². The van der Waals surface area contributed by atoms with Gasteiger partial charge in [-0.3, -0.25) is 4.79 Å². The zero-order valence-electron chi connectivity index (χ0n) is 14.3. The number of benzene rings is 1. The van der Waals surface area contributed by atoms with Crippen molar-refractivity contribution in [3.63, 3.8) is 0 Å². The van der Waals surface area contributed by atoms with Crippen LogP contribution in [-0.2, 0) is 9.53 Å². The smallest absolute Gasteiger partial charge is 0.329 e. The summed E-state index contributed by atoms with van der Waals surface area (Å²) in [6.07, 6.45) is 0. The molecule has 0 aliphatic rings. The molecule has 1 heterocycles. The summed E-state index contributed by atoms with van der Waals surface area (Å²) in [5.74, 6) is -1.22. The Morgan fingerprint density at radius 1 is 1.12 bits per heavy atom. The number of halogens is 1. The first-order chi connectivity index (χ1) is 12.4. The van der Waals surface area contributed by atoms with Crippen molar-refractivity contribution >= 4 is 46.4 Å². The van der Waals surface area contributed by atoms with Gasteiger partial charge in [-0.25, -0.2) is 9.59 Å². The fourth-order valence-electron chi connectivity index (χ4n) is 2.09. The fourth-order valence-corrected chi connectivity index (χ4v) is 3.06. The Morgan fingerprint density at radius 3 is 2.38 bits per heavy atom. The van der Waals surface area contributed by atoms with Crippen LogP contribution in [0.25, 0.3) is 0 Å². The molecule has 0 aliphatic heterocycles. The maximum Gasteiger partial charge on any atom is 0.329 e. The van der Waals surface area contributed by atoms with Crippen molar-refractivity contribution in [3.05, 3.63) is 51.7 Å². The highest BCUT2D eigenvalue weighted by Crippen LogP contribution is 2.21. The molecule has 2 rings (SSSR count).